The SMILES string of the molecule is Cc1cc(Cl)cc(C)c1O[C@H](c1cncc(Cl)c1)[C@@H]1CCNC1. The van der Waals surface area contributed by atoms with E-state index in [9.17, 15) is 0 Å². The first-order chi connectivity index (χ1) is 11.0. The standard InChI is InChI=1S/C18H20Cl2N2O/c1-11-5-15(19)6-12(2)17(11)23-18(13-3-4-21-8-13)14-7-16(20)10-22-9-14/h5-7,9-10,13,18,21H,3-4,8H2,1-2H3/t13-,18+/m1/s1. The zero-order valence-electron chi connectivity index (χ0n) is 13.3. The minimum absolute atomic E-state index is 0.0743. The van der Waals surface area contributed by atoms with Gasteiger partial charge in [0, 0.05) is 35.4 Å². The molecule has 3 nitrogen and oxygen atoms in total. The van der Waals surface area contributed by atoms with E-state index in [4.69, 9.17) is 27.9 Å². The average Bonchev–Trinajstić information content (AvgIpc) is 3.00. The lowest BCUT2D eigenvalue weighted by Gasteiger charge is -2.26. The van der Waals surface area contributed by atoms with Crippen LogP contribution in [0.5, 0.6) is 5.75 Å². The van der Waals surface area contributed by atoms with Crippen LogP contribution in [0.1, 0.15) is 29.2 Å². The fourth-order valence-corrected chi connectivity index (χ4v) is 3.68. The number of rotatable bonds is 4. The Hall–Kier alpha value is -1.29. The van der Waals surface area contributed by atoms with Crippen LogP contribution in [-0.4, -0.2) is 18.1 Å². The molecule has 2 heterocycles. The van der Waals surface area contributed by atoms with E-state index in [0.29, 0.717) is 10.9 Å². The highest BCUT2D eigenvalue weighted by Gasteiger charge is 2.29. The first kappa shape index (κ1) is 16.6. The number of hydrogen-bond acceptors (Lipinski definition) is 3. The maximum absolute atomic E-state index is 6.46. The Balaban J connectivity index is 1.96. The fourth-order valence-electron chi connectivity index (χ4n) is 3.17. The van der Waals surface area contributed by atoms with Gasteiger partial charge in [-0.15, -0.1) is 0 Å². The molecule has 1 aromatic carbocycles. The van der Waals surface area contributed by atoms with Gasteiger partial charge in [0.05, 0.1) is 5.02 Å². The molecule has 5 heteroatoms. The van der Waals surface area contributed by atoms with E-state index in [0.717, 1.165) is 47.0 Å². The van der Waals surface area contributed by atoms with Crippen molar-refractivity contribution in [2.45, 2.75) is 26.4 Å². The van der Waals surface area contributed by atoms with Crippen molar-refractivity contribution >= 4 is 23.2 Å². The molecule has 0 amide bonds. The molecule has 1 aromatic heterocycles. The largest absolute Gasteiger partial charge is 0.485 e. The van der Waals surface area contributed by atoms with Crippen LogP contribution in [0.25, 0.3) is 0 Å². The number of nitrogens with one attached hydrogen (secondary N) is 1. The number of pyridine rings is 1. The van der Waals surface area contributed by atoms with Gasteiger partial charge >= 0.3 is 0 Å². The highest BCUT2D eigenvalue weighted by molar-refractivity contribution is 6.31. The first-order valence-corrected chi connectivity index (χ1v) is 8.55. The summed E-state index contributed by atoms with van der Waals surface area (Å²) in [5.41, 5.74) is 3.10. The van der Waals surface area contributed by atoms with Crippen LogP contribution in [0.4, 0.5) is 0 Å². The molecular formula is C18H20Cl2N2O. The van der Waals surface area contributed by atoms with Crippen molar-refractivity contribution in [1.82, 2.24) is 10.3 Å². The van der Waals surface area contributed by atoms with E-state index in [2.05, 4.69) is 10.3 Å². The van der Waals surface area contributed by atoms with Crippen LogP contribution in [0.2, 0.25) is 10.0 Å². The smallest absolute Gasteiger partial charge is 0.129 e. The molecular weight excluding hydrogens is 331 g/mol. The van der Waals surface area contributed by atoms with Crippen molar-refractivity contribution < 1.29 is 4.74 Å². The maximum atomic E-state index is 6.46. The second-order valence-corrected chi connectivity index (χ2v) is 6.97. The van der Waals surface area contributed by atoms with Crippen LogP contribution < -0.4 is 10.1 Å². The molecule has 0 spiro atoms. The highest BCUT2D eigenvalue weighted by atomic mass is 35.5. The number of aromatic nitrogens is 1. The minimum atomic E-state index is -0.0743. The molecule has 0 bridgehead atoms. The van der Waals surface area contributed by atoms with Crippen LogP contribution in [0, 0.1) is 19.8 Å². The number of hydrogen-bond donors (Lipinski definition) is 1. The van der Waals surface area contributed by atoms with Crippen LogP contribution in [-0.2, 0) is 0 Å². The van der Waals surface area contributed by atoms with Crippen molar-refractivity contribution in [2.75, 3.05) is 13.1 Å². The molecule has 1 aliphatic heterocycles. The lowest BCUT2D eigenvalue weighted by molar-refractivity contribution is 0.142. The molecule has 0 unspecified atom stereocenters. The van der Waals surface area contributed by atoms with Crippen molar-refractivity contribution in [2.24, 2.45) is 5.92 Å². The zero-order valence-corrected chi connectivity index (χ0v) is 14.8. The van der Waals surface area contributed by atoms with Gasteiger partial charge in [-0.05, 0) is 56.1 Å². The highest BCUT2D eigenvalue weighted by Crippen LogP contribution is 2.36. The van der Waals surface area contributed by atoms with E-state index >= 15 is 0 Å². The first-order valence-electron chi connectivity index (χ1n) is 7.79. The van der Waals surface area contributed by atoms with E-state index < -0.39 is 0 Å². The molecule has 23 heavy (non-hydrogen) atoms. The molecule has 1 fully saturated rings. The second kappa shape index (κ2) is 7.08. The Labute approximate surface area is 147 Å². The second-order valence-electron chi connectivity index (χ2n) is 6.10. The van der Waals surface area contributed by atoms with Crippen molar-refractivity contribution in [3.8, 4) is 5.75 Å². The topological polar surface area (TPSA) is 34.1 Å². The lowest BCUT2D eigenvalue weighted by atomic mass is 9.95. The Morgan fingerprint density at radius 2 is 1.87 bits per heavy atom. The predicted molar refractivity (Wildman–Crippen MR) is 94.5 cm³/mol. The summed E-state index contributed by atoms with van der Waals surface area (Å²) in [6, 6.07) is 5.81. The minimum Gasteiger partial charge on any atom is -0.485 e. The zero-order chi connectivity index (χ0) is 16.4. The van der Waals surface area contributed by atoms with E-state index in [1.54, 1.807) is 6.20 Å². The van der Waals surface area contributed by atoms with Crippen LogP contribution >= 0.6 is 23.2 Å². The molecule has 0 aliphatic carbocycles. The summed E-state index contributed by atoms with van der Waals surface area (Å²) in [6.07, 6.45) is 4.49. The molecule has 0 saturated carbocycles. The summed E-state index contributed by atoms with van der Waals surface area (Å²) in [7, 11) is 0. The summed E-state index contributed by atoms with van der Waals surface area (Å²) in [5.74, 6) is 1.29. The van der Waals surface area contributed by atoms with E-state index in [1.807, 2.05) is 38.2 Å². The molecule has 2 atom stereocenters. The summed E-state index contributed by atoms with van der Waals surface area (Å²) in [5, 5.41) is 4.77. The van der Waals surface area contributed by atoms with Gasteiger partial charge in [0.15, 0.2) is 0 Å². The van der Waals surface area contributed by atoms with E-state index in [1.165, 1.54) is 0 Å². The summed E-state index contributed by atoms with van der Waals surface area (Å²) in [6.45, 7) is 5.99. The number of nitrogens with zero attached hydrogens (tertiary/aromatic N) is 1. The van der Waals surface area contributed by atoms with Gasteiger partial charge in [0.25, 0.3) is 0 Å². The third-order valence-corrected chi connectivity index (χ3v) is 4.68. The average molecular weight is 351 g/mol. The third kappa shape index (κ3) is 3.79. The molecule has 1 saturated heterocycles. The van der Waals surface area contributed by atoms with Gasteiger partial charge in [0.2, 0.25) is 0 Å². The van der Waals surface area contributed by atoms with E-state index in [-0.39, 0.29) is 6.10 Å². The van der Waals surface area contributed by atoms with Crippen molar-refractivity contribution in [1.29, 1.82) is 0 Å². The molecule has 1 aliphatic rings. The number of halogens is 2. The Morgan fingerprint density at radius 3 is 2.48 bits per heavy atom. The molecule has 122 valence electrons. The summed E-state index contributed by atoms with van der Waals surface area (Å²) < 4.78 is 6.46. The molecule has 0 radical (unpaired) electrons. The number of ether oxygens (including phenoxy) is 1. The fraction of sp³-hybridized carbons (Fsp3) is 0.389. The van der Waals surface area contributed by atoms with Gasteiger partial charge in [-0.3, -0.25) is 4.98 Å². The van der Waals surface area contributed by atoms with Crippen LogP contribution in [0.15, 0.2) is 30.6 Å². The van der Waals surface area contributed by atoms with Gasteiger partial charge in [-0.25, -0.2) is 0 Å². The van der Waals surface area contributed by atoms with Crippen molar-refractivity contribution in [3.63, 3.8) is 0 Å². The van der Waals surface area contributed by atoms with Gasteiger partial charge < -0.3 is 10.1 Å². The van der Waals surface area contributed by atoms with Crippen molar-refractivity contribution in [3.05, 3.63) is 57.3 Å². The van der Waals surface area contributed by atoms with Gasteiger partial charge in [-0.2, -0.15) is 0 Å². The monoisotopic (exact) mass is 350 g/mol. The Bertz CT molecular complexity index is 676. The normalized spacial score (nSPS) is 18.9. The summed E-state index contributed by atoms with van der Waals surface area (Å²) in [4.78, 5) is 4.22. The molecule has 2 aromatic rings. The molecule has 3 rings (SSSR count). The quantitative estimate of drug-likeness (QED) is 0.864. The Kier molecular flexibility index (Phi) is 5.10. The maximum Gasteiger partial charge on any atom is 0.129 e. The predicted octanol–water partition coefficient (Wildman–Crippen LogP) is 4.73. The van der Waals surface area contributed by atoms with Crippen LogP contribution in [0.3, 0.4) is 0 Å². The summed E-state index contributed by atoms with van der Waals surface area (Å²) >= 11 is 12.3. The number of aryl methyl sites for hydroxylation is 2. The van der Waals surface area contributed by atoms with Gasteiger partial charge in [-0.1, -0.05) is 23.2 Å². The van der Waals surface area contributed by atoms with Gasteiger partial charge in [0.1, 0.15) is 11.9 Å². The number of benzene rings is 1. The molecule has 1 N–H and O–H groups in total. The Morgan fingerprint density at radius 1 is 1.13 bits per heavy atom. The lowest BCUT2D eigenvalue weighted by Crippen LogP contribution is -2.22. The third-order valence-electron chi connectivity index (χ3n) is 4.25.